The number of amides is 1. The number of alkyl halides is 3. The van der Waals surface area contributed by atoms with Crippen LogP contribution in [0.4, 0.5) is 18.0 Å². The van der Waals surface area contributed by atoms with Gasteiger partial charge in [0.05, 0.1) is 5.41 Å². The van der Waals surface area contributed by atoms with Crippen molar-refractivity contribution in [2.75, 3.05) is 26.2 Å². The summed E-state index contributed by atoms with van der Waals surface area (Å²) in [4.78, 5) is 27.4. The quantitative estimate of drug-likeness (QED) is 0.773. The van der Waals surface area contributed by atoms with Crippen molar-refractivity contribution in [3.05, 3.63) is 35.4 Å². The van der Waals surface area contributed by atoms with Crippen LogP contribution < -0.4 is 0 Å². The van der Waals surface area contributed by atoms with Gasteiger partial charge in [0.25, 0.3) is 0 Å². The lowest BCUT2D eigenvalue weighted by Crippen LogP contribution is -2.50. The normalized spacial score (nSPS) is 20.7. The largest absolute Gasteiger partial charge is 0.481 e. The fraction of sp³-hybridized carbons (Fsp3) is 0.619. The van der Waals surface area contributed by atoms with Gasteiger partial charge in [0.15, 0.2) is 6.10 Å². The molecule has 0 spiro atoms. The Hall–Kier alpha value is -2.29. The maximum Gasteiger partial charge on any atom is 0.425 e. The molecular formula is C21H27F3N2O4. The zero-order valence-electron chi connectivity index (χ0n) is 17.0. The molecule has 1 heterocycles. The molecule has 0 aromatic heterocycles. The van der Waals surface area contributed by atoms with Gasteiger partial charge in [-0.15, -0.1) is 0 Å². The van der Waals surface area contributed by atoms with Crippen LogP contribution in [0.5, 0.6) is 0 Å². The standard InChI is InChI=1S/C21H27F3N2O4/c1-15(21(22,23)24)30-19(29)26-12-10-25(11-13-26)14-16-6-2-3-7-17(16)20(18(27)28)8-4-5-9-20/h2-3,6-7,15H,4-5,8-14H2,1H3,(H,27,28). The summed E-state index contributed by atoms with van der Waals surface area (Å²) in [5.41, 5.74) is 0.940. The first-order valence-corrected chi connectivity index (χ1v) is 10.2. The monoisotopic (exact) mass is 428 g/mol. The Morgan fingerprint density at radius 3 is 2.30 bits per heavy atom. The number of carboxylic acid groups (broad SMARTS) is 1. The zero-order valence-corrected chi connectivity index (χ0v) is 17.0. The average molecular weight is 428 g/mol. The van der Waals surface area contributed by atoms with Gasteiger partial charge in [-0.05, 0) is 30.9 Å². The van der Waals surface area contributed by atoms with Crippen molar-refractivity contribution < 1.29 is 32.6 Å². The maximum atomic E-state index is 12.6. The number of carboxylic acids is 1. The van der Waals surface area contributed by atoms with E-state index in [4.69, 9.17) is 0 Å². The highest BCUT2D eigenvalue weighted by Crippen LogP contribution is 2.43. The number of rotatable bonds is 5. The third kappa shape index (κ3) is 4.71. The Balaban J connectivity index is 1.62. The van der Waals surface area contributed by atoms with Crippen LogP contribution in [0.25, 0.3) is 0 Å². The van der Waals surface area contributed by atoms with E-state index in [1.165, 1.54) is 4.90 Å². The molecule has 6 nitrogen and oxygen atoms in total. The van der Waals surface area contributed by atoms with Crippen molar-refractivity contribution in [2.45, 2.75) is 56.8 Å². The highest BCUT2D eigenvalue weighted by atomic mass is 19.4. The molecule has 2 aliphatic rings. The Kier molecular flexibility index (Phi) is 6.59. The molecule has 9 heteroatoms. The second kappa shape index (κ2) is 8.83. The highest BCUT2D eigenvalue weighted by Gasteiger charge is 2.44. The molecule has 1 aliphatic carbocycles. The zero-order chi connectivity index (χ0) is 21.9. The molecule has 1 aromatic rings. The fourth-order valence-corrected chi connectivity index (χ4v) is 4.32. The van der Waals surface area contributed by atoms with Crippen molar-refractivity contribution in [3.63, 3.8) is 0 Å². The number of benzene rings is 1. The SMILES string of the molecule is CC(OC(=O)N1CCN(Cc2ccccc2C2(C(=O)O)CCCC2)CC1)C(F)(F)F. The first kappa shape index (κ1) is 22.4. The summed E-state index contributed by atoms with van der Waals surface area (Å²) in [6.07, 6.45) is -4.67. The van der Waals surface area contributed by atoms with E-state index in [1.807, 2.05) is 24.3 Å². The van der Waals surface area contributed by atoms with Crippen LogP contribution in [0.2, 0.25) is 0 Å². The number of piperazine rings is 1. The molecule has 0 radical (unpaired) electrons. The first-order chi connectivity index (χ1) is 14.1. The molecule has 1 aromatic carbocycles. The van der Waals surface area contributed by atoms with E-state index >= 15 is 0 Å². The second-order valence-corrected chi connectivity index (χ2v) is 8.08. The van der Waals surface area contributed by atoms with Gasteiger partial charge in [-0.2, -0.15) is 13.2 Å². The Bertz CT molecular complexity index is 770. The van der Waals surface area contributed by atoms with E-state index in [0.29, 0.717) is 32.5 Å². The summed E-state index contributed by atoms with van der Waals surface area (Å²) >= 11 is 0. The second-order valence-electron chi connectivity index (χ2n) is 8.08. The van der Waals surface area contributed by atoms with E-state index in [1.54, 1.807) is 0 Å². The Morgan fingerprint density at radius 2 is 1.73 bits per heavy atom. The number of ether oxygens (including phenoxy) is 1. The van der Waals surface area contributed by atoms with Gasteiger partial charge in [0.1, 0.15) is 0 Å². The van der Waals surface area contributed by atoms with E-state index in [0.717, 1.165) is 30.9 Å². The minimum Gasteiger partial charge on any atom is -0.481 e. The number of carbonyl (C=O) groups excluding carboxylic acids is 1. The number of nitrogens with zero attached hydrogens (tertiary/aromatic N) is 2. The summed E-state index contributed by atoms with van der Waals surface area (Å²) in [5, 5.41) is 9.92. The minimum absolute atomic E-state index is 0.260. The van der Waals surface area contributed by atoms with E-state index in [2.05, 4.69) is 9.64 Å². The lowest BCUT2D eigenvalue weighted by Gasteiger charge is -2.36. The number of aliphatic carboxylic acids is 1. The van der Waals surface area contributed by atoms with Crippen LogP contribution in [0.3, 0.4) is 0 Å². The summed E-state index contributed by atoms with van der Waals surface area (Å²) in [6.45, 7) is 2.82. The summed E-state index contributed by atoms with van der Waals surface area (Å²) < 4.78 is 42.3. The summed E-state index contributed by atoms with van der Waals surface area (Å²) in [7, 11) is 0. The van der Waals surface area contributed by atoms with Gasteiger partial charge in [-0.25, -0.2) is 4.79 Å². The lowest BCUT2D eigenvalue weighted by atomic mass is 9.76. The van der Waals surface area contributed by atoms with Crippen molar-refractivity contribution in [1.29, 1.82) is 0 Å². The molecule has 0 bridgehead atoms. The molecule has 30 heavy (non-hydrogen) atoms. The lowest BCUT2D eigenvalue weighted by molar-refractivity contribution is -0.200. The topological polar surface area (TPSA) is 70.1 Å². The van der Waals surface area contributed by atoms with Crippen LogP contribution >= 0.6 is 0 Å². The Morgan fingerprint density at radius 1 is 1.13 bits per heavy atom. The highest BCUT2D eigenvalue weighted by molar-refractivity contribution is 5.82. The van der Waals surface area contributed by atoms with Crippen LogP contribution in [0.15, 0.2) is 24.3 Å². The van der Waals surface area contributed by atoms with Gasteiger partial charge in [0.2, 0.25) is 0 Å². The Labute approximate surface area is 173 Å². The number of halogens is 3. The van der Waals surface area contributed by atoms with Crippen LogP contribution in [-0.4, -0.2) is 65.4 Å². The molecule has 1 saturated heterocycles. The first-order valence-electron chi connectivity index (χ1n) is 10.2. The van der Waals surface area contributed by atoms with Crippen LogP contribution in [0, 0.1) is 0 Å². The van der Waals surface area contributed by atoms with Crippen molar-refractivity contribution >= 4 is 12.1 Å². The minimum atomic E-state index is -4.58. The third-order valence-corrected chi connectivity index (χ3v) is 6.16. The molecule has 2 fully saturated rings. The molecule has 1 amide bonds. The molecule has 166 valence electrons. The summed E-state index contributed by atoms with van der Waals surface area (Å²) in [5.74, 6) is -0.793. The molecule has 1 N–H and O–H groups in total. The predicted octanol–water partition coefficient (Wildman–Crippen LogP) is 3.79. The van der Waals surface area contributed by atoms with Gasteiger partial charge < -0.3 is 14.7 Å². The van der Waals surface area contributed by atoms with Gasteiger partial charge in [-0.1, -0.05) is 37.1 Å². The predicted molar refractivity (Wildman–Crippen MR) is 103 cm³/mol. The molecular weight excluding hydrogens is 401 g/mol. The van der Waals surface area contributed by atoms with Gasteiger partial charge in [-0.3, -0.25) is 9.69 Å². The van der Waals surface area contributed by atoms with E-state index in [9.17, 15) is 27.9 Å². The molecule has 1 saturated carbocycles. The van der Waals surface area contributed by atoms with Gasteiger partial charge >= 0.3 is 18.2 Å². The number of carbonyl (C=O) groups is 2. The maximum absolute atomic E-state index is 12.6. The smallest absolute Gasteiger partial charge is 0.425 e. The molecule has 1 unspecified atom stereocenters. The van der Waals surface area contributed by atoms with Crippen LogP contribution in [0.1, 0.15) is 43.7 Å². The molecule has 3 rings (SSSR count). The van der Waals surface area contributed by atoms with Crippen molar-refractivity contribution in [1.82, 2.24) is 9.80 Å². The average Bonchev–Trinajstić information content (AvgIpc) is 3.19. The van der Waals surface area contributed by atoms with Crippen molar-refractivity contribution in [2.24, 2.45) is 0 Å². The summed E-state index contributed by atoms with van der Waals surface area (Å²) in [6, 6.07) is 7.57. The van der Waals surface area contributed by atoms with E-state index < -0.39 is 29.8 Å². The third-order valence-electron chi connectivity index (χ3n) is 6.16. The van der Waals surface area contributed by atoms with Crippen molar-refractivity contribution in [3.8, 4) is 0 Å². The fourth-order valence-electron chi connectivity index (χ4n) is 4.32. The van der Waals surface area contributed by atoms with E-state index in [-0.39, 0.29) is 13.1 Å². The molecule has 1 aliphatic heterocycles. The van der Waals surface area contributed by atoms with Crippen LogP contribution in [-0.2, 0) is 21.5 Å². The molecule has 1 atom stereocenters. The van der Waals surface area contributed by atoms with Gasteiger partial charge in [0, 0.05) is 32.7 Å². The number of hydrogen-bond donors (Lipinski definition) is 1. The number of hydrogen-bond acceptors (Lipinski definition) is 4.